The van der Waals surface area contributed by atoms with E-state index < -0.39 is 6.04 Å². The summed E-state index contributed by atoms with van der Waals surface area (Å²) < 4.78 is 10.9. The molecule has 2 aliphatic rings. The lowest BCUT2D eigenvalue weighted by Crippen LogP contribution is -2.40. The second-order valence-electron chi connectivity index (χ2n) is 6.93. The van der Waals surface area contributed by atoms with Crippen molar-refractivity contribution in [2.75, 3.05) is 25.6 Å². The molecule has 0 unspecified atom stereocenters. The van der Waals surface area contributed by atoms with E-state index >= 15 is 0 Å². The van der Waals surface area contributed by atoms with Crippen LogP contribution in [-0.4, -0.2) is 49.1 Å². The van der Waals surface area contributed by atoms with Crippen LogP contribution in [0.4, 0.5) is 5.69 Å². The molecule has 28 heavy (non-hydrogen) atoms. The van der Waals surface area contributed by atoms with E-state index in [2.05, 4.69) is 11.9 Å². The second-order valence-corrected chi connectivity index (χ2v) is 6.93. The summed E-state index contributed by atoms with van der Waals surface area (Å²) in [4.78, 5) is 27.5. The summed E-state index contributed by atoms with van der Waals surface area (Å²) in [6, 6.07) is 12.7. The standard InChI is InChI=1S/C22H22N2O4/c1-3-10-28-17-12-20-21(25)23-19-9-6-15(11-18(19)22(26)24(20)13-17)14-4-7-16(27-2)8-5-14/h3-9,11,17,20H,1,10,12-13H2,2H3,(H,23,25)/t17-,20+/m1/s1. The first-order valence-electron chi connectivity index (χ1n) is 9.23. The lowest BCUT2D eigenvalue weighted by atomic mass is 10.0. The van der Waals surface area contributed by atoms with Crippen molar-refractivity contribution in [3.05, 3.63) is 60.7 Å². The van der Waals surface area contributed by atoms with Gasteiger partial charge in [-0.2, -0.15) is 0 Å². The molecule has 0 aliphatic carbocycles. The predicted octanol–water partition coefficient (Wildman–Crippen LogP) is 3.10. The van der Waals surface area contributed by atoms with E-state index in [-0.39, 0.29) is 17.9 Å². The van der Waals surface area contributed by atoms with Gasteiger partial charge in [-0.3, -0.25) is 9.59 Å². The van der Waals surface area contributed by atoms with E-state index in [0.29, 0.717) is 30.8 Å². The Morgan fingerprint density at radius 3 is 2.64 bits per heavy atom. The molecule has 0 bridgehead atoms. The Labute approximate surface area is 163 Å². The fourth-order valence-electron chi connectivity index (χ4n) is 3.76. The van der Waals surface area contributed by atoms with Crippen molar-refractivity contribution in [3.8, 4) is 16.9 Å². The maximum absolute atomic E-state index is 13.2. The van der Waals surface area contributed by atoms with E-state index in [4.69, 9.17) is 9.47 Å². The highest BCUT2D eigenvalue weighted by Gasteiger charge is 2.43. The van der Waals surface area contributed by atoms with Crippen LogP contribution in [0.2, 0.25) is 0 Å². The SMILES string of the molecule is C=CCO[C@@H]1C[C@H]2C(=O)Nc3ccc(-c4ccc(OC)cc4)cc3C(=O)N2C1. The Morgan fingerprint density at radius 2 is 1.93 bits per heavy atom. The average molecular weight is 378 g/mol. The molecule has 6 heteroatoms. The smallest absolute Gasteiger partial charge is 0.256 e. The lowest BCUT2D eigenvalue weighted by molar-refractivity contribution is -0.119. The van der Waals surface area contributed by atoms with Gasteiger partial charge in [0, 0.05) is 13.0 Å². The van der Waals surface area contributed by atoms with Crippen LogP contribution >= 0.6 is 0 Å². The molecule has 0 aromatic heterocycles. The number of methoxy groups -OCH3 is 1. The quantitative estimate of drug-likeness (QED) is 0.812. The number of nitrogens with zero attached hydrogens (tertiary/aromatic N) is 1. The van der Waals surface area contributed by atoms with E-state index in [9.17, 15) is 9.59 Å². The molecule has 1 saturated heterocycles. The zero-order valence-electron chi connectivity index (χ0n) is 15.7. The Balaban J connectivity index is 1.65. The first-order valence-corrected chi connectivity index (χ1v) is 9.23. The molecule has 2 atom stereocenters. The molecule has 1 fully saturated rings. The summed E-state index contributed by atoms with van der Waals surface area (Å²) in [6.45, 7) is 4.45. The number of amides is 2. The maximum Gasteiger partial charge on any atom is 0.256 e. The normalized spacial score (nSPS) is 20.8. The van der Waals surface area contributed by atoms with Crippen LogP contribution in [0.3, 0.4) is 0 Å². The van der Waals surface area contributed by atoms with Crippen molar-refractivity contribution in [3.63, 3.8) is 0 Å². The minimum atomic E-state index is -0.515. The predicted molar refractivity (Wildman–Crippen MR) is 106 cm³/mol. The van der Waals surface area contributed by atoms with Crippen LogP contribution in [0.15, 0.2) is 55.1 Å². The first kappa shape index (κ1) is 18.3. The van der Waals surface area contributed by atoms with Crippen molar-refractivity contribution in [1.82, 2.24) is 4.90 Å². The number of hydrogen-bond acceptors (Lipinski definition) is 4. The summed E-state index contributed by atoms with van der Waals surface area (Å²) in [5, 5.41) is 2.90. The van der Waals surface area contributed by atoms with Gasteiger partial charge >= 0.3 is 0 Å². The van der Waals surface area contributed by atoms with Gasteiger partial charge in [0.15, 0.2) is 0 Å². The van der Waals surface area contributed by atoms with Gasteiger partial charge in [0.05, 0.1) is 31.1 Å². The van der Waals surface area contributed by atoms with Gasteiger partial charge in [-0.1, -0.05) is 24.3 Å². The van der Waals surface area contributed by atoms with Gasteiger partial charge in [0.2, 0.25) is 5.91 Å². The maximum atomic E-state index is 13.2. The molecule has 4 rings (SSSR count). The highest BCUT2D eigenvalue weighted by atomic mass is 16.5. The fraction of sp³-hybridized carbons (Fsp3) is 0.273. The van der Waals surface area contributed by atoms with E-state index in [1.807, 2.05) is 36.4 Å². The average Bonchev–Trinajstić information content (AvgIpc) is 3.13. The van der Waals surface area contributed by atoms with Gasteiger partial charge in [0.1, 0.15) is 11.8 Å². The molecule has 2 aliphatic heterocycles. The molecule has 2 amide bonds. The van der Waals surface area contributed by atoms with Gasteiger partial charge in [0.25, 0.3) is 5.91 Å². The third kappa shape index (κ3) is 3.27. The molecule has 2 heterocycles. The van der Waals surface area contributed by atoms with E-state index in [0.717, 1.165) is 16.9 Å². The van der Waals surface area contributed by atoms with Crippen molar-refractivity contribution in [2.45, 2.75) is 18.6 Å². The Bertz CT molecular complexity index is 923. The monoisotopic (exact) mass is 378 g/mol. The molecule has 6 nitrogen and oxygen atoms in total. The molecule has 0 spiro atoms. The number of benzene rings is 2. The van der Waals surface area contributed by atoms with Gasteiger partial charge in [-0.15, -0.1) is 6.58 Å². The van der Waals surface area contributed by atoms with E-state index in [1.165, 1.54) is 0 Å². The highest BCUT2D eigenvalue weighted by molar-refractivity contribution is 6.10. The first-order chi connectivity index (χ1) is 13.6. The number of ether oxygens (including phenoxy) is 2. The third-order valence-electron chi connectivity index (χ3n) is 5.21. The van der Waals surface area contributed by atoms with Crippen LogP contribution < -0.4 is 10.1 Å². The summed E-state index contributed by atoms with van der Waals surface area (Å²) in [5.74, 6) is 0.444. The number of carbonyl (C=O) groups excluding carboxylic acids is 2. The second kappa shape index (κ2) is 7.48. The van der Waals surface area contributed by atoms with E-state index in [1.54, 1.807) is 24.2 Å². The van der Waals surface area contributed by atoms with Crippen LogP contribution in [0, 0.1) is 0 Å². The molecule has 0 radical (unpaired) electrons. The van der Waals surface area contributed by atoms with Crippen molar-refractivity contribution >= 4 is 17.5 Å². The van der Waals surface area contributed by atoms with Crippen LogP contribution in [-0.2, 0) is 9.53 Å². The van der Waals surface area contributed by atoms with Crippen LogP contribution in [0.5, 0.6) is 5.75 Å². The Hall–Kier alpha value is -3.12. The van der Waals surface area contributed by atoms with Crippen molar-refractivity contribution in [1.29, 1.82) is 0 Å². The number of hydrogen-bond donors (Lipinski definition) is 1. The van der Waals surface area contributed by atoms with Gasteiger partial charge in [-0.05, 0) is 35.4 Å². The Kier molecular flexibility index (Phi) is 4.88. The molecule has 1 N–H and O–H groups in total. The number of carbonyl (C=O) groups is 2. The topological polar surface area (TPSA) is 67.9 Å². The molecule has 0 saturated carbocycles. The van der Waals surface area contributed by atoms with Crippen LogP contribution in [0.1, 0.15) is 16.8 Å². The molecule has 144 valence electrons. The largest absolute Gasteiger partial charge is 0.497 e. The molecule has 2 aromatic rings. The zero-order chi connectivity index (χ0) is 19.7. The third-order valence-corrected chi connectivity index (χ3v) is 5.21. The summed E-state index contributed by atoms with van der Waals surface area (Å²) in [5.41, 5.74) is 2.91. The molecule has 2 aromatic carbocycles. The van der Waals surface area contributed by atoms with Crippen molar-refractivity contribution in [2.24, 2.45) is 0 Å². The summed E-state index contributed by atoms with van der Waals surface area (Å²) in [6.07, 6.45) is 2.00. The number of anilines is 1. The molecular weight excluding hydrogens is 356 g/mol. The summed E-state index contributed by atoms with van der Waals surface area (Å²) >= 11 is 0. The van der Waals surface area contributed by atoms with Crippen LogP contribution in [0.25, 0.3) is 11.1 Å². The number of fused-ring (bicyclic) bond motifs is 2. The molecular formula is C22H22N2O4. The zero-order valence-corrected chi connectivity index (χ0v) is 15.7. The van der Waals surface area contributed by atoms with Gasteiger partial charge in [-0.25, -0.2) is 0 Å². The van der Waals surface area contributed by atoms with Crippen molar-refractivity contribution < 1.29 is 19.1 Å². The lowest BCUT2D eigenvalue weighted by Gasteiger charge is -2.20. The highest BCUT2D eigenvalue weighted by Crippen LogP contribution is 2.33. The minimum absolute atomic E-state index is 0.154. The number of rotatable bonds is 5. The van der Waals surface area contributed by atoms with Gasteiger partial charge < -0.3 is 19.7 Å². The minimum Gasteiger partial charge on any atom is -0.497 e. The fourth-order valence-corrected chi connectivity index (χ4v) is 3.76. The summed E-state index contributed by atoms with van der Waals surface area (Å²) in [7, 11) is 1.62. The Morgan fingerprint density at radius 1 is 1.18 bits per heavy atom. The number of nitrogens with one attached hydrogen (secondary N) is 1.